The van der Waals surface area contributed by atoms with Gasteiger partial charge >= 0.3 is 5.97 Å². The van der Waals surface area contributed by atoms with Crippen molar-refractivity contribution in [2.75, 3.05) is 6.61 Å². The van der Waals surface area contributed by atoms with Gasteiger partial charge in [-0.05, 0) is 49.2 Å². The van der Waals surface area contributed by atoms with Crippen LogP contribution in [0, 0.1) is 6.92 Å². The third-order valence-corrected chi connectivity index (χ3v) is 6.40. The van der Waals surface area contributed by atoms with E-state index in [2.05, 4.69) is 0 Å². The number of fused-ring (bicyclic) bond motifs is 1. The summed E-state index contributed by atoms with van der Waals surface area (Å²) >= 11 is 0. The molecular weight excluding hydrogens is 512 g/mol. The zero-order valence-electron chi connectivity index (χ0n) is 21.1. The van der Waals surface area contributed by atoms with Crippen molar-refractivity contribution in [3.05, 3.63) is 75.1 Å². The first-order chi connectivity index (χ1) is 18.5. The lowest BCUT2D eigenvalue weighted by Gasteiger charge is -2.42. The molecule has 3 aromatic rings. The van der Waals surface area contributed by atoms with Gasteiger partial charge in [-0.15, -0.1) is 0 Å². The van der Waals surface area contributed by atoms with Crippen LogP contribution in [0.2, 0.25) is 0 Å². The molecule has 1 saturated heterocycles. The van der Waals surface area contributed by atoms with Gasteiger partial charge in [0.2, 0.25) is 0 Å². The minimum atomic E-state index is -1.77. The Labute approximate surface area is 222 Å². The lowest BCUT2D eigenvalue weighted by Crippen LogP contribution is -2.56. The van der Waals surface area contributed by atoms with Crippen LogP contribution in [0.1, 0.15) is 35.5 Å². The lowest BCUT2D eigenvalue weighted by atomic mass is 9.89. The minimum absolute atomic E-state index is 0.0201. The summed E-state index contributed by atoms with van der Waals surface area (Å²) in [6.07, 6.45) is -5.63. The number of aliphatic hydroxyl groups excluding tert-OH is 3. The van der Waals surface area contributed by atoms with Gasteiger partial charge in [0.15, 0.2) is 11.5 Å². The summed E-state index contributed by atoms with van der Waals surface area (Å²) in [5.74, 6) is -1.59. The third kappa shape index (κ3) is 5.86. The van der Waals surface area contributed by atoms with Gasteiger partial charge in [0, 0.05) is 12.1 Å². The van der Waals surface area contributed by atoms with E-state index in [0.29, 0.717) is 11.1 Å². The summed E-state index contributed by atoms with van der Waals surface area (Å²) in [7, 11) is 0. The van der Waals surface area contributed by atoms with Crippen molar-refractivity contribution in [3.63, 3.8) is 0 Å². The fourth-order valence-electron chi connectivity index (χ4n) is 4.56. The van der Waals surface area contributed by atoms with Crippen molar-refractivity contribution in [2.45, 2.75) is 50.8 Å². The number of hydrogen-bond donors (Lipinski definition) is 5. The number of phenolic OH excluding ortho intramolecular Hbond substituents is 2. The first kappa shape index (κ1) is 28.0. The second-order valence-electron chi connectivity index (χ2n) is 9.37. The van der Waals surface area contributed by atoms with Crippen LogP contribution in [0.25, 0.3) is 17.0 Å². The van der Waals surface area contributed by atoms with Gasteiger partial charge in [0.25, 0.3) is 0 Å². The van der Waals surface area contributed by atoms with Crippen molar-refractivity contribution in [3.8, 4) is 11.5 Å². The molecule has 0 amide bonds. The first-order valence-electron chi connectivity index (χ1n) is 12.1. The van der Waals surface area contributed by atoms with Crippen LogP contribution in [0.4, 0.5) is 0 Å². The second kappa shape index (κ2) is 11.4. The predicted molar refractivity (Wildman–Crippen MR) is 137 cm³/mol. The number of phenols is 2. The van der Waals surface area contributed by atoms with E-state index >= 15 is 0 Å². The van der Waals surface area contributed by atoms with Gasteiger partial charge in [-0.2, -0.15) is 0 Å². The van der Waals surface area contributed by atoms with Gasteiger partial charge in [-0.1, -0.05) is 12.1 Å². The molecule has 0 bridgehead atoms. The summed E-state index contributed by atoms with van der Waals surface area (Å²) in [6, 6.07) is 8.38. The molecule has 5 atom stereocenters. The highest BCUT2D eigenvalue weighted by Gasteiger charge is 2.48. The monoisotopic (exact) mass is 540 g/mol. The Hall–Kier alpha value is -4.03. The zero-order chi connectivity index (χ0) is 28.4. The molecule has 5 N–H and O–H groups in total. The topological polar surface area (TPSA) is 184 Å². The number of carbonyl (C=O) groups is 2. The first-order valence-corrected chi connectivity index (χ1v) is 12.1. The molecule has 0 aliphatic carbocycles. The molecule has 4 rings (SSSR count). The summed E-state index contributed by atoms with van der Waals surface area (Å²) in [5.41, 5.74) is 0.107. The van der Waals surface area contributed by atoms with Crippen LogP contribution in [0.5, 0.6) is 11.5 Å². The molecule has 0 saturated carbocycles. The van der Waals surface area contributed by atoms with E-state index in [0.717, 1.165) is 6.08 Å². The van der Waals surface area contributed by atoms with E-state index in [4.69, 9.17) is 13.9 Å². The Bertz CT molecular complexity index is 1470. The fraction of sp³-hybridized carbons (Fsp3) is 0.321. The van der Waals surface area contributed by atoms with Crippen molar-refractivity contribution in [2.24, 2.45) is 0 Å². The average molecular weight is 541 g/mol. The van der Waals surface area contributed by atoms with Crippen LogP contribution in [0.15, 0.2) is 51.7 Å². The van der Waals surface area contributed by atoms with Gasteiger partial charge < -0.3 is 39.4 Å². The SMILES string of the molecule is CC(=O)Cc1cc(=O)c2c(C)cc(O)c([C@@H]3O[C@H](CO)[C@@H](O)[C@H](O)[C@H]3OC(=O)C=Cc3ccc(O)cc3)c2o1. The van der Waals surface area contributed by atoms with E-state index in [1.54, 1.807) is 19.1 Å². The van der Waals surface area contributed by atoms with E-state index in [1.807, 2.05) is 0 Å². The maximum Gasteiger partial charge on any atom is 0.331 e. The molecule has 1 aromatic heterocycles. The van der Waals surface area contributed by atoms with Crippen LogP contribution >= 0.6 is 0 Å². The molecular formula is C28H28O11. The summed E-state index contributed by atoms with van der Waals surface area (Å²) in [6.45, 7) is 2.16. The number of esters is 1. The Morgan fingerprint density at radius 3 is 2.41 bits per heavy atom. The Morgan fingerprint density at radius 1 is 1.08 bits per heavy atom. The summed E-state index contributed by atoms with van der Waals surface area (Å²) in [4.78, 5) is 37.4. The maximum atomic E-state index is 13.0. The molecule has 0 spiro atoms. The number of benzene rings is 2. The number of Topliss-reactive ketones (excluding diaryl/α,β-unsaturated/α-hetero) is 1. The smallest absolute Gasteiger partial charge is 0.331 e. The summed E-state index contributed by atoms with van der Waals surface area (Å²) < 4.78 is 17.1. The second-order valence-corrected chi connectivity index (χ2v) is 9.37. The number of aromatic hydroxyl groups is 2. The van der Waals surface area contributed by atoms with E-state index in [9.17, 15) is 39.9 Å². The average Bonchev–Trinajstić information content (AvgIpc) is 2.86. The minimum Gasteiger partial charge on any atom is -0.508 e. The maximum absolute atomic E-state index is 13.0. The highest BCUT2D eigenvalue weighted by Crippen LogP contribution is 2.42. The third-order valence-electron chi connectivity index (χ3n) is 6.40. The quantitative estimate of drug-likeness (QED) is 0.216. The number of carbonyl (C=O) groups excluding carboxylic acids is 2. The molecule has 0 unspecified atom stereocenters. The number of aryl methyl sites for hydroxylation is 1. The molecule has 1 aliphatic rings. The molecule has 1 fully saturated rings. The van der Waals surface area contributed by atoms with Gasteiger partial charge in [0.05, 0.1) is 24.0 Å². The molecule has 11 heteroatoms. The van der Waals surface area contributed by atoms with Crippen molar-refractivity contribution >= 4 is 28.8 Å². The summed E-state index contributed by atoms with van der Waals surface area (Å²) in [5, 5.41) is 51.6. The number of ether oxygens (including phenoxy) is 2. The fourth-order valence-corrected chi connectivity index (χ4v) is 4.56. The molecule has 2 heterocycles. The molecule has 1 aliphatic heterocycles. The standard InChI is InChI=1S/C28H28O11/c1-13-9-18(32)23(26-22(13)19(33)11-17(37-26)10-14(2)30)27-28(25(36)24(35)20(12-29)38-27)39-21(34)8-5-15-3-6-16(31)7-4-15/h3-9,11,20,24-25,27-29,31-32,35-36H,10,12H2,1-2H3/t20-,24-,25+,27+,28-/m1/s1. The molecule has 0 radical (unpaired) electrons. The Balaban J connectivity index is 1.80. The number of hydrogen-bond acceptors (Lipinski definition) is 11. The zero-order valence-corrected chi connectivity index (χ0v) is 21.1. The number of ketones is 1. The molecule has 206 valence electrons. The van der Waals surface area contributed by atoms with Gasteiger partial charge in [-0.25, -0.2) is 4.79 Å². The van der Waals surface area contributed by atoms with Crippen molar-refractivity contribution in [1.82, 2.24) is 0 Å². The highest BCUT2D eigenvalue weighted by atomic mass is 16.6. The Morgan fingerprint density at radius 2 is 1.77 bits per heavy atom. The van der Waals surface area contributed by atoms with E-state index < -0.39 is 54.3 Å². The largest absolute Gasteiger partial charge is 0.508 e. The van der Waals surface area contributed by atoms with Crippen LogP contribution < -0.4 is 5.43 Å². The molecule has 39 heavy (non-hydrogen) atoms. The van der Waals surface area contributed by atoms with E-state index in [-0.39, 0.29) is 40.2 Å². The van der Waals surface area contributed by atoms with Crippen molar-refractivity contribution < 1.29 is 49.0 Å². The molecule has 11 nitrogen and oxygen atoms in total. The van der Waals surface area contributed by atoms with Crippen LogP contribution in [-0.2, 0) is 25.5 Å². The van der Waals surface area contributed by atoms with Gasteiger partial charge in [-0.3, -0.25) is 9.59 Å². The predicted octanol–water partition coefficient (Wildman–Crippen LogP) is 1.42. The van der Waals surface area contributed by atoms with E-state index in [1.165, 1.54) is 37.3 Å². The number of rotatable bonds is 7. The lowest BCUT2D eigenvalue weighted by molar-refractivity contribution is -0.239. The Kier molecular flexibility index (Phi) is 8.17. The highest BCUT2D eigenvalue weighted by molar-refractivity contribution is 5.88. The molecule has 2 aromatic carbocycles. The van der Waals surface area contributed by atoms with Crippen LogP contribution in [-0.4, -0.2) is 68.3 Å². The van der Waals surface area contributed by atoms with Crippen LogP contribution in [0.3, 0.4) is 0 Å². The normalized spacial score (nSPS) is 23.3. The van der Waals surface area contributed by atoms with Gasteiger partial charge in [0.1, 0.15) is 53.0 Å². The number of aliphatic hydroxyl groups is 3. The van der Waals surface area contributed by atoms with Crippen molar-refractivity contribution in [1.29, 1.82) is 0 Å².